The topological polar surface area (TPSA) is 74.9 Å². The number of hydrogen-bond donors (Lipinski definition) is 1. The monoisotopic (exact) mass is 353 g/mol. The normalized spacial score (nSPS) is 10.9. The highest BCUT2D eigenvalue weighted by atomic mass is 32.1. The molecule has 1 aromatic carbocycles. The second-order valence-electron chi connectivity index (χ2n) is 5.98. The number of fused-ring (bicyclic) bond motifs is 3. The van der Waals surface area contributed by atoms with Crippen LogP contribution in [0.5, 0.6) is 0 Å². The lowest BCUT2D eigenvalue weighted by atomic mass is 10.1. The van der Waals surface area contributed by atoms with Crippen LogP contribution in [0.4, 0.5) is 5.00 Å². The van der Waals surface area contributed by atoms with E-state index in [0.29, 0.717) is 21.8 Å². The van der Waals surface area contributed by atoms with Crippen LogP contribution in [0, 0.1) is 11.3 Å². The summed E-state index contributed by atoms with van der Waals surface area (Å²) in [7, 11) is 0. The Labute approximate surface area is 149 Å². The van der Waals surface area contributed by atoms with E-state index in [4.69, 9.17) is 0 Å². The number of anilines is 1. The number of nitrogens with one attached hydrogen (secondary N) is 1. The number of thiophene rings is 1. The van der Waals surface area contributed by atoms with Gasteiger partial charge in [-0.2, -0.15) is 5.26 Å². The van der Waals surface area contributed by atoms with Crippen LogP contribution in [0.15, 0.2) is 24.3 Å². The first-order chi connectivity index (χ1) is 12.1. The molecule has 5 nitrogen and oxygen atoms in total. The van der Waals surface area contributed by atoms with Crippen molar-refractivity contribution in [3.05, 3.63) is 29.8 Å². The molecule has 0 bridgehead atoms. The first-order valence-corrected chi connectivity index (χ1v) is 9.17. The molecular formula is C19H19N3O2S. The summed E-state index contributed by atoms with van der Waals surface area (Å²) in [5.74, 6) is -0.203. The molecule has 1 amide bonds. The van der Waals surface area contributed by atoms with Crippen LogP contribution in [0.1, 0.15) is 49.9 Å². The zero-order valence-electron chi connectivity index (χ0n) is 14.3. The third kappa shape index (κ3) is 3.03. The van der Waals surface area contributed by atoms with Crippen LogP contribution in [0.2, 0.25) is 0 Å². The number of hydrogen-bond acceptors (Lipinski definition) is 4. The smallest absolute Gasteiger partial charge is 0.229 e. The quantitative estimate of drug-likeness (QED) is 0.662. The second-order valence-corrected chi connectivity index (χ2v) is 6.97. The van der Waals surface area contributed by atoms with Crippen molar-refractivity contribution in [3.63, 3.8) is 0 Å². The number of carbonyl (C=O) groups excluding carboxylic acids is 2. The van der Waals surface area contributed by atoms with Gasteiger partial charge in [0.1, 0.15) is 15.9 Å². The van der Waals surface area contributed by atoms with Gasteiger partial charge >= 0.3 is 0 Å². The highest BCUT2D eigenvalue weighted by molar-refractivity contribution is 7.23. The van der Waals surface area contributed by atoms with E-state index in [9.17, 15) is 14.9 Å². The Hall–Kier alpha value is -2.65. The number of amides is 1. The van der Waals surface area contributed by atoms with Gasteiger partial charge in [-0.05, 0) is 12.5 Å². The lowest BCUT2D eigenvalue weighted by Gasteiger charge is -2.04. The van der Waals surface area contributed by atoms with Crippen molar-refractivity contribution in [2.75, 3.05) is 5.32 Å². The van der Waals surface area contributed by atoms with Crippen molar-refractivity contribution < 1.29 is 9.59 Å². The number of aromatic nitrogens is 1. The van der Waals surface area contributed by atoms with Crippen LogP contribution >= 0.6 is 11.3 Å². The van der Waals surface area contributed by atoms with Crippen molar-refractivity contribution in [2.24, 2.45) is 0 Å². The van der Waals surface area contributed by atoms with E-state index in [2.05, 4.69) is 18.3 Å². The zero-order valence-corrected chi connectivity index (χ0v) is 15.1. The molecule has 0 atom stereocenters. The molecule has 0 aliphatic carbocycles. The maximum Gasteiger partial charge on any atom is 0.229 e. The molecule has 128 valence electrons. The van der Waals surface area contributed by atoms with Gasteiger partial charge in [0.05, 0.1) is 11.1 Å². The van der Waals surface area contributed by atoms with Gasteiger partial charge in [-0.3, -0.25) is 14.2 Å². The summed E-state index contributed by atoms with van der Waals surface area (Å²) in [6.45, 7) is 3.59. The van der Waals surface area contributed by atoms with E-state index < -0.39 is 0 Å². The Morgan fingerprint density at radius 2 is 2.04 bits per heavy atom. The predicted molar refractivity (Wildman–Crippen MR) is 101 cm³/mol. The maximum absolute atomic E-state index is 12.1. The molecule has 0 spiro atoms. The molecule has 6 heteroatoms. The van der Waals surface area contributed by atoms with Gasteiger partial charge in [0.15, 0.2) is 0 Å². The molecule has 0 fully saturated rings. The number of nitriles is 1. The van der Waals surface area contributed by atoms with E-state index in [1.807, 2.05) is 24.3 Å². The van der Waals surface area contributed by atoms with Gasteiger partial charge in [-0.1, -0.05) is 49.3 Å². The molecule has 0 saturated heterocycles. The summed E-state index contributed by atoms with van der Waals surface area (Å²) in [6.07, 6.45) is 3.32. The molecule has 0 saturated carbocycles. The molecular weight excluding hydrogens is 334 g/mol. The van der Waals surface area contributed by atoms with Crippen LogP contribution in [0.3, 0.4) is 0 Å². The molecule has 0 radical (unpaired) electrons. The number of nitrogens with zero attached hydrogens (tertiary/aromatic N) is 2. The fourth-order valence-electron chi connectivity index (χ4n) is 3.05. The molecule has 2 aromatic heterocycles. The summed E-state index contributed by atoms with van der Waals surface area (Å²) in [5, 5.41) is 14.6. The summed E-state index contributed by atoms with van der Waals surface area (Å²) in [6, 6.07) is 9.73. The van der Waals surface area contributed by atoms with E-state index in [1.165, 1.54) is 18.3 Å². The number of benzene rings is 1. The molecule has 0 unspecified atom stereocenters. The average molecular weight is 353 g/mol. The summed E-state index contributed by atoms with van der Waals surface area (Å²) >= 11 is 1.28. The van der Waals surface area contributed by atoms with Gasteiger partial charge in [0.25, 0.3) is 0 Å². The molecule has 25 heavy (non-hydrogen) atoms. The van der Waals surface area contributed by atoms with Crippen molar-refractivity contribution in [1.29, 1.82) is 5.26 Å². The van der Waals surface area contributed by atoms with E-state index in [1.54, 1.807) is 4.57 Å². The van der Waals surface area contributed by atoms with Crippen molar-refractivity contribution in [1.82, 2.24) is 4.57 Å². The van der Waals surface area contributed by atoms with Crippen molar-refractivity contribution in [3.8, 4) is 6.07 Å². The van der Waals surface area contributed by atoms with Gasteiger partial charge < -0.3 is 5.32 Å². The lowest BCUT2D eigenvalue weighted by Crippen LogP contribution is -2.10. The van der Waals surface area contributed by atoms with Crippen LogP contribution in [0.25, 0.3) is 21.1 Å². The Morgan fingerprint density at radius 1 is 1.28 bits per heavy atom. The number of unbranched alkanes of at least 4 members (excludes halogenated alkanes) is 2. The highest BCUT2D eigenvalue weighted by Crippen LogP contribution is 2.41. The average Bonchev–Trinajstić information content (AvgIpc) is 3.08. The minimum absolute atomic E-state index is 0.0902. The largest absolute Gasteiger partial charge is 0.317 e. The first kappa shape index (κ1) is 17.2. The molecule has 0 aliphatic heterocycles. The van der Waals surface area contributed by atoms with Gasteiger partial charge in [0.2, 0.25) is 11.8 Å². The van der Waals surface area contributed by atoms with Crippen LogP contribution in [-0.2, 0) is 4.79 Å². The van der Waals surface area contributed by atoms with Gasteiger partial charge in [-0.15, -0.1) is 0 Å². The minimum Gasteiger partial charge on any atom is -0.317 e. The Balaban J connectivity index is 2.10. The van der Waals surface area contributed by atoms with Crippen molar-refractivity contribution in [2.45, 2.75) is 39.5 Å². The lowest BCUT2D eigenvalue weighted by molar-refractivity contribution is -0.116. The number of carbonyl (C=O) groups is 2. The number of rotatable bonds is 5. The predicted octanol–water partition coefficient (Wildman–Crippen LogP) is 4.91. The van der Waals surface area contributed by atoms with Crippen molar-refractivity contribution >= 4 is 49.3 Å². The van der Waals surface area contributed by atoms with E-state index in [-0.39, 0.29) is 11.8 Å². The molecule has 0 aliphatic rings. The van der Waals surface area contributed by atoms with Gasteiger partial charge in [0, 0.05) is 24.1 Å². The van der Waals surface area contributed by atoms with E-state index in [0.717, 1.165) is 35.6 Å². The molecule has 3 rings (SSSR count). The van der Waals surface area contributed by atoms with Crippen LogP contribution in [-0.4, -0.2) is 16.4 Å². The zero-order chi connectivity index (χ0) is 18.0. The van der Waals surface area contributed by atoms with Crippen LogP contribution < -0.4 is 5.32 Å². The summed E-state index contributed by atoms with van der Waals surface area (Å²) < 4.78 is 1.61. The summed E-state index contributed by atoms with van der Waals surface area (Å²) in [4.78, 5) is 25.0. The Kier molecular flexibility index (Phi) is 4.86. The fraction of sp³-hybridized carbons (Fsp3) is 0.316. The number of para-hydroxylation sites is 1. The Bertz CT molecular complexity index is 1010. The second kappa shape index (κ2) is 7.08. The fourth-order valence-corrected chi connectivity index (χ4v) is 4.29. The molecule has 2 heterocycles. The third-order valence-electron chi connectivity index (χ3n) is 4.19. The van der Waals surface area contributed by atoms with Gasteiger partial charge in [-0.25, -0.2) is 0 Å². The minimum atomic E-state index is -0.113. The SMILES string of the molecule is CCCCCC(=O)Nc1sc2c(c1C#N)c1ccccc1n2C(C)=O. The highest BCUT2D eigenvalue weighted by Gasteiger charge is 2.22. The first-order valence-electron chi connectivity index (χ1n) is 8.35. The maximum atomic E-state index is 12.1. The third-order valence-corrected chi connectivity index (χ3v) is 5.28. The standard InChI is InChI=1S/C19H19N3O2S/c1-3-4-5-10-16(24)21-18-14(11-20)17-13-8-6-7-9-15(13)22(12(2)23)19(17)25-18/h6-9H,3-5,10H2,1-2H3,(H,21,24). The Morgan fingerprint density at radius 3 is 2.72 bits per heavy atom. The summed E-state index contributed by atoms with van der Waals surface area (Å²) in [5.41, 5.74) is 1.22. The molecule has 3 aromatic rings. The molecule has 1 N–H and O–H groups in total. The van der Waals surface area contributed by atoms with E-state index >= 15 is 0 Å².